The maximum Gasteiger partial charge on any atom is 0.191 e. The maximum absolute atomic E-state index is 12.9. The molecule has 0 N–H and O–H groups in total. The van der Waals surface area contributed by atoms with E-state index < -0.39 is 8.32 Å². The number of ketones is 1. The third kappa shape index (κ3) is 2.64. The zero-order chi connectivity index (χ0) is 16.9. The van der Waals surface area contributed by atoms with E-state index in [4.69, 9.17) is 4.43 Å². The fourth-order valence-electron chi connectivity index (χ4n) is 4.42. The highest BCUT2D eigenvalue weighted by atomic mass is 28.4. The minimum atomic E-state index is -1.73. The Morgan fingerprint density at radius 1 is 1.41 bits per heavy atom. The van der Waals surface area contributed by atoms with Crippen molar-refractivity contribution in [1.82, 2.24) is 0 Å². The zero-order valence-electron chi connectivity index (χ0n) is 15.5. The highest BCUT2D eigenvalue weighted by molar-refractivity contribution is 6.74. The standard InChI is InChI=1S/C19H34O2Si/c1-9-10-19(6)16-11-14(17(19)20)15(13(16)2)12-21-22(7,8)18(3,4)5/h9,13-16H,1,10-12H2,2-8H3/t13-,14+,15-,16-,19-/m1/s1. The molecule has 22 heavy (non-hydrogen) atoms. The van der Waals surface area contributed by atoms with E-state index in [0.717, 1.165) is 19.4 Å². The Hall–Kier alpha value is -0.413. The smallest absolute Gasteiger partial charge is 0.191 e. The van der Waals surface area contributed by atoms with Gasteiger partial charge in [0.15, 0.2) is 8.32 Å². The van der Waals surface area contributed by atoms with E-state index in [2.05, 4.69) is 54.3 Å². The lowest BCUT2D eigenvalue weighted by Gasteiger charge is -2.42. The normalized spacial score (nSPS) is 38.6. The molecule has 0 aromatic rings. The summed E-state index contributed by atoms with van der Waals surface area (Å²) in [6.07, 6.45) is 3.81. The minimum Gasteiger partial charge on any atom is -0.417 e. The van der Waals surface area contributed by atoms with Crippen molar-refractivity contribution in [3.05, 3.63) is 12.7 Å². The van der Waals surface area contributed by atoms with Crippen molar-refractivity contribution in [2.45, 2.75) is 65.6 Å². The molecule has 0 saturated heterocycles. The van der Waals surface area contributed by atoms with Crippen molar-refractivity contribution < 1.29 is 9.22 Å². The first-order valence-electron chi connectivity index (χ1n) is 8.75. The van der Waals surface area contributed by atoms with E-state index in [-0.39, 0.29) is 16.4 Å². The van der Waals surface area contributed by atoms with Gasteiger partial charge in [0.2, 0.25) is 0 Å². The first-order chi connectivity index (χ1) is 9.95. The molecule has 0 aromatic heterocycles. The molecule has 0 aliphatic heterocycles. The van der Waals surface area contributed by atoms with E-state index in [1.54, 1.807) is 0 Å². The van der Waals surface area contributed by atoms with Crippen LogP contribution >= 0.6 is 0 Å². The van der Waals surface area contributed by atoms with Crippen molar-refractivity contribution in [1.29, 1.82) is 0 Å². The van der Waals surface area contributed by atoms with Crippen LogP contribution < -0.4 is 0 Å². The minimum absolute atomic E-state index is 0.167. The molecule has 2 rings (SSSR count). The van der Waals surface area contributed by atoms with E-state index in [9.17, 15) is 4.79 Å². The molecule has 3 heteroatoms. The lowest BCUT2D eigenvalue weighted by atomic mass is 9.64. The summed E-state index contributed by atoms with van der Waals surface area (Å²) >= 11 is 0. The molecule has 0 unspecified atom stereocenters. The van der Waals surface area contributed by atoms with Crippen LogP contribution in [-0.2, 0) is 9.22 Å². The van der Waals surface area contributed by atoms with Gasteiger partial charge in [0.1, 0.15) is 5.78 Å². The topological polar surface area (TPSA) is 26.3 Å². The van der Waals surface area contributed by atoms with Crippen LogP contribution in [0.3, 0.4) is 0 Å². The monoisotopic (exact) mass is 322 g/mol. The number of fused-ring (bicyclic) bond motifs is 2. The fourth-order valence-corrected chi connectivity index (χ4v) is 5.46. The highest BCUT2D eigenvalue weighted by Gasteiger charge is 2.61. The molecule has 0 amide bonds. The van der Waals surface area contributed by atoms with Crippen LogP contribution in [-0.4, -0.2) is 20.7 Å². The summed E-state index contributed by atoms with van der Waals surface area (Å²) in [5.74, 6) is 2.20. The molecule has 0 heterocycles. The Balaban J connectivity index is 2.09. The van der Waals surface area contributed by atoms with Gasteiger partial charge in [-0.25, -0.2) is 0 Å². The van der Waals surface area contributed by atoms with E-state index >= 15 is 0 Å². The molecule has 0 aromatic carbocycles. The van der Waals surface area contributed by atoms with Crippen LogP contribution in [0.25, 0.3) is 0 Å². The molecule has 2 aliphatic carbocycles. The highest BCUT2D eigenvalue weighted by Crippen LogP contribution is 2.60. The van der Waals surface area contributed by atoms with Gasteiger partial charge >= 0.3 is 0 Å². The molecule has 5 atom stereocenters. The third-order valence-electron chi connectivity index (χ3n) is 7.06. The largest absolute Gasteiger partial charge is 0.417 e. The summed E-state index contributed by atoms with van der Waals surface area (Å²) in [5.41, 5.74) is -0.167. The second-order valence-electron chi connectivity index (χ2n) is 9.32. The predicted molar refractivity (Wildman–Crippen MR) is 95.3 cm³/mol. The number of carbonyl (C=O) groups excluding carboxylic acids is 1. The Bertz CT molecular complexity index is 463. The molecule has 0 spiro atoms. The van der Waals surface area contributed by atoms with E-state index in [1.807, 2.05) is 6.08 Å². The van der Waals surface area contributed by atoms with Gasteiger partial charge in [-0.3, -0.25) is 4.79 Å². The van der Waals surface area contributed by atoms with Gasteiger partial charge in [-0.2, -0.15) is 0 Å². The van der Waals surface area contributed by atoms with Gasteiger partial charge in [-0.15, -0.1) is 6.58 Å². The van der Waals surface area contributed by atoms with Gasteiger partial charge in [-0.1, -0.05) is 40.7 Å². The van der Waals surface area contributed by atoms with Crippen molar-refractivity contribution in [3.63, 3.8) is 0 Å². The SMILES string of the molecule is C=CC[C@@]1(C)C(=O)[C@H]2C[C@@H]1[C@H](C)[C@H]2CO[Si](C)(C)C(C)(C)C. The molecule has 2 bridgehead atoms. The molecule has 0 radical (unpaired) electrons. The Morgan fingerprint density at radius 3 is 2.50 bits per heavy atom. The first kappa shape index (κ1) is 17.9. The number of rotatable bonds is 5. The average Bonchev–Trinajstić information content (AvgIpc) is 2.82. The number of carbonyl (C=O) groups is 1. The maximum atomic E-state index is 12.9. The van der Waals surface area contributed by atoms with Gasteiger partial charge in [0.05, 0.1) is 0 Å². The lowest BCUT2D eigenvalue weighted by molar-refractivity contribution is -0.136. The van der Waals surface area contributed by atoms with Crippen LogP contribution in [0.1, 0.15) is 47.5 Å². The van der Waals surface area contributed by atoms with Crippen LogP contribution in [0.4, 0.5) is 0 Å². The number of Topliss-reactive ketones (excluding diaryl/α,β-unsaturated/α-hetero) is 1. The summed E-state index contributed by atoms with van der Waals surface area (Å²) in [4.78, 5) is 12.9. The predicted octanol–water partition coefficient (Wildman–Crippen LogP) is 5.06. The number of hydrogen-bond donors (Lipinski definition) is 0. The van der Waals surface area contributed by atoms with Crippen molar-refractivity contribution in [2.24, 2.45) is 29.1 Å². The van der Waals surface area contributed by atoms with Gasteiger partial charge in [0, 0.05) is 17.9 Å². The van der Waals surface area contributed by atoms with Crippen LogP contribution in [0.5, 0.6) is 0 Å². The second kappa shape index (κ2) is 5.59. The average molecular weight is 323 g/mol. The fraction of sp³-hybridized carbons (Fsp3) is 0.842. The van der Waals surface area contributed by atoms with E-state index in [1.165, 1.54) is 0 Å². The lowest BCUT2D eigenvalue weighted by Crippen LogP contribution is -2.46. The summed E-state index contributed by atoms with van der Waals surface area (Å²) in [6, 6.07) is 0. The van der Waals surface area contributed by atoms with E-state index in [0.29, 0.717) is 23.5 Å². The molecular weight excluding hydrogens is 288 g/mol. The molecule has 2 fully saturated rings. The van der Waals surface area contributed by atoms with Crippen LogP contribution in [0.15, 0.2) is 12.7 Å². The summed E-state index contributed by atoms with van der Waals surface area (Å²) < 4.78 is 6.44. The second-order valence-corrected chi connectivity index (χ2v) is 14.1. The molecule has 2 nitrogen and oxygen atoms in total. The number of hydrogen-bond acceptors (Lipinski definition) is 2. The molecular formula is C19H34O2Si. The zero-order valence-corrected chi connectivity index (χ0v) is 16.5. The molecule has 2 saturated carbocycles. The van der Waals surface area contributed by atoms with Crippen LogP contribution in [0, 0.1) is 29.1 Å². The van der Waals surface area contributed by atoms with Gasteiger partial charge in [0.25, 0.3) is 0 Å². The Morgan fingerprint density at radius 2 is 2.00 bits per heavy atom. The quantitative estimate of drug-likeness (QED) is 0.522. The first-order valence-corrected chi connectivity index (χ1v) is 11.7. The van der Waals surface area contributed by atoms with Crippen LogP contribution in [0.2, 0.25) is 18.1 Å². The van der Waals surface area contributed by atoms with Crippen molar-refractivity contribution in [2.75, 3.05) is 6.61 Å². The van der Waals surface area contributed by atoms with Crippen molar-refractivity contribution in [3.8, 4) is 0 Å². The number of allylic oxidation sites excluding steroid dienone is 1. The summed E-state index contributed by atoms with van der Waals surface area (Å²) in [7, 11) is -1.73. The summed E-state index contributed by atoms with van der Waals surface area (Å²) in [5, 5.41) is 0.231. The summed E-state index contributed by atoms with van der Waals surface area (Å²) in [6.45, 7) is 20.5. The Kier molecular flexibility index (Phi) is 4.56. The van der Waals surface area contributed by atoms with Crippen molar-refractivity contribution >= 4 is 14.1 Å². The molecule has 2 aliphatic rings. The van der Waals surface area contributed by atoms with Gasteiger partial charge < -0.3 is 4.43 Å². The Labute approximate surface area is 137 Å². The third-order valence-corrected chi connectivity index (χ3v) is 11.6. The molecule has 126 valence electrons. The van der Waals surface area contributed by atoms with Gasteiger partial charge in [-0.05, 0) is 48.7 Å².